The summed E-state index contributed by atoms with van der Waals surface area (Å²) >= 11 is 1.50. The van der Waals surface area contributed by atoms with Crippen molar-refractivity contribution in [3.8, 4) is 0 Å². The van der Waals surface area contributed by atoms with Crippen molar-refractivity contribution in [1.82, 2.24) is 9.88 Å². The summed E-state index contributed by atoms with van der Waals surface area (Å²) in [4.78, 5) is 7.30. The second-order valence-corrected chi connectivity index (χ2v) is 6.29. The van der Waals surface area contributed by atoms with Crippen LogP contribution >= 0.6 is 23.7 Å². The monoisotopic (exact) mass is 279 g/mol. The zero-order chi connectivity index (χ0) is 12.3. The third kappa shape index (κ3) is 4.79. The van der Waals surface area contributed by atoms with E-state index in [9.17, 15) is 5.11 Å². The Morgan fingerprint density at radius 3 is 2.47 bits per heavy atom. The maximum Gasteiger partial charge on any atom is 0.180 e. The molecule has 0 amide bonds. The molecule has 1 aromatic heterocycles. The van der Waals surface area contributed by atoms with Crippen LogP contribution in [-0.4, -0.2) is 34.7 Å². The van der Waals surface area contributed by atoms with Crippen molar-refractivity contribution in [2.75, 3.05) is 19.4 Å². The number of aliphatic hydroxyl groups is 1. The minimum absolute atomic E-state index is 0. The van der Waals surface area contributed by atoms with E-state index >= 15 is 0 Å². The number of likely N-dealkylation sites (N-methyl/N-ethyl adjacent to an activating group) is 1. The molecule has 0 spiro atoms. The molecule has 1 aromatic rings. The zero-order valence-electron chi connectivity index (χ0n) is 10.8. The van der Waals surface area contributed by atoms with Gasteiger partial charge in [0, 0.05) is 23.7 Å². The minimum atomic E-state index is 0. The van der Waals surface area contributed by atoms with Crippen molar-refractivity contribution in [1.29, 1.82) is 0 Å². The number of hydrogen-bond donors (Lipinski definition) is 2. The fraction of sp³-hybridized carbons (Fsp3) is 0.727. The lowest BCUT2D eigenvalue weighted by atomic mass is 9.86. The van der Waals surface area contributed by atoms with Crippen LogP contribution in [0.3, 0.4) is 0 Å². The van der Waals surface area contributed by atoms with Crippen molar-refractivity contribution >= 4 is 28.9 Å². The van der Waals surface area contributed by atoms with Crippen LogP contribution in [0.2, 0.25) is 0 Å². The number of aromatic nitrogens is 1. The molecule has 0 bridgehead atoms. The topological polar surface area (TPSA) is 62.4 Å². The van der Waals surface area contributed by atoms with Gasteiger partial charge in [0.25, 0.3) is 0 Å². The molecular weight excluding hydrogens is 258 g/mol. The summed E-state index contributed by atoms with van der Waals surface area (Å²) in [6.07, 6.45) is 1.80. The Balaban J connectivity index is 0.00000256. The molecule has 0 saturated heterocycles. The lowest BCUT2D eigenvalue weighted by molar-refractivity contribution is 0.0620. The van der Waals surface area contributed by atoms with Crippen molar-refractivity contribution in [3.63, 3.8) is 0 Å². The summed E-state index contributed by atoms with van der Waals surface area (Å²) in [6, 6.07) is 0.135. The Morgan fingerprint density at radius 2 is 2.12 bits per heavy atom. The lowest BCUT2D eigenvalue weighted by Crippen LogP contribution is -2.43. The van der Waals surface area contributed by atoms with Gasteiger partial charge in [0.05, 0.1) is 6.61 Å². The largest absolute Gasteiger partial charge is 0.395 e. The number of hydrogen-bond acceptors (Lipinski definition) is 5. The molecule has 1 heterocycles. The van der Waals surface area contributed by atoms with Crippen LogP contribution < -0.4 is 5.73 Å². The molecule has 0 aliphatic rings. The molecule has 0 radical (unpaired) electrons. The van der Waals surface area contributed by atoms with Gasteiger partial charge in [-0.1, -0.05) is 20.8 Å². The van der Waals surface area contributed by atoms with Gasteiger partial charge in [-0.25, -0.2) is 4.98 Å². The fourth-order valence-electron chi connectivity index (χ4n) is 1.83. The number of nitrogens with two attached hydrogens (primary N) is 1. The predicted octanol–water partition coefficient (Wildman–Crippen LogP) is 1.99. The van der Waals surface area contributed by atoms with Crippen LogP contribution in [0.5, 0.6) is 0 Å². The number of rotatable bonds is 4. The maximum absolute atomic E-state index is 9.44. The summed E-state index contributed by atoms with van der Waals surface area (Å²) in [5, 5.41) is 10.0. The van der Waals surface area contributed by atoms with Gasteiger partial charge in [-0.05, 0) is 12.5 Å². The highest BCUT2D eigenvalue weighted by Gasteiger charge is 2.27. The van der Waals surface area contributed by atoms with E-state index in [4.69, 9.17) is 5.73 Å². The van der Waals surface area contributed by atoms with Gasteiger partial charge < -0.3 is 10.8 Å². The molecule has 1 rings (SSSR count). The molecule has 4 nitrogen and oxygen atoms in total. The molecule has 1 unspecified atom stereocenters. The number of anilines is 1. The number of nitrogens with zero attached hydrogens (tertiary/aromatic N) is 2. The molecule has 100 valence electrons. The molecule has 0 aromatic carbocycles. The second kappa shape index (κ2) is 6.54. The highest BCUT2D eigenvalue weighted by Crippen LogP contribution is 2.25. The number of thiazole rings is 1. The summed E-state index contributed by atoms with van der Waals surface area (Å²) in [7, 11) is 2.02. The Morgan fingerprint density at radius 1 is 1.53 bits per heavy atom. The molecule has 0 aliphatic carbocycles. The standard InChI is InChI=1S/C11H21N3OS.ClH/c1-11(2,3)9(7-15)14(4)6-8-5-13-10(12)16-8;/h5,9,15H,6-7H2,1-4H3,(H2,12,13);1H. The summed E-state index contributed by atoms with van der Waals surface area (Å²) in [6.45, 7) is 7.33. The van der Waals surface area contributed by atoms with Crippen LogP contribution in [0.4, 0.5) is 5.13 Å². The van der Waals surface area contributed by atoms with E-state index in [1.807, 2.05) is 7.05 Å². The van der Waals surface area contributed by atoms with E-state index in [0.717, 1.165) is 11.4 Å². The first kappa shape index (κ1) is 16.6. The number of nitrogen functional groups attached to an aromatic ring is 1. The van der Waals surface area contributed by atoms with E-state index in [1.165, 1.54) is 11.3 Å². The number of aliphatic hydroxyl groups excluding tert-OH is 1. The minimum Gasteiger partial charge on any atom is -0.395 e. The molecule has 3 N–H and O–H groups in total. The lowest BCUT2D eigenvalue weighted by Gasteiger charge is -2.36. The van der Waals surface area contributed by atoms with Crippen LogP contribution in [0, 0.1) is 5.41 Å². The fourth-order valence-corrected chi connectivity index (χ4v) is 2.57. The van der Waals surface area contributed by atoms with Crippen LogP contribution in [0.25, 0.3) is 0 Å². The Hall–Kier alpha value is -0.360. The van der Waals surface area contributed by atoms with Gasteiger partial charge in [-0.3, -0.25) is 4.90 Å². The normalized spacial score (nSPS) is 13.5. The molecule has 0 aliphatic heterocycles. The summed E-state index contributed by atoms with van der Waals surface area (Å²) in [5.41, 5.74) is 5.64. The average molecular weight is 280 g/mol. The molecule has 0 saturated carbocycles. The van der Waals surface area contributed by atoms with Crippen LogP contribution in [0.15, 0.2) is 6.20 Å². The Labute approximate surface area is 113 Å². The average Bonchev–Trinajstić information content (AvgIpc) is 2.49. The maximum atomic E-state index is 9.44. The molecule has 0 fully saturated rings. The Kier molecular flexibility index (Phi) is 6.40. The van der Waals surface area contributed by atoms with E-state index in [-0.39, 0.29) is 30.5 Å². The van der Waals surface area contributed by atoms with Crippen molar-refractivity contribution in [2.24, 2.45) is 5.41 Å². The molecule has 1 atom stereocenters. The van der Waals surface area contributed by atoms with Gasteiger partial charge in [-0.15, -0.1) is 23.7 Å². The highest BCUT2D eigenvalue weighted by molar-refractivity contribution is 7.15. The first-order valence-corrected chi connectivity index (χ1v) is 6.17. The van der Waals surface area contributed by atoms with Crippen molar-refractivity contribution in [2.45, 2.75) is 33.4 Å². The van der Waals surface area contributed by atoms with Gasteiger partial charge >= 0.3 is 0 Å². The van der Waals surface area contributed by atoms with E-state index in [0.29, 0.717) is 5.13 Å². The van der Waals surface area contributed by atoms with E-state index in [2.05, 4.69) is 30.7 Å². The summed E-state index contributed by atoms with van der Waals surface area (Å²) in [5.74, 6) is 0. The quantitative estimate of drug-likeness (QED) is 0.885. The van der Waals surface area contributed by atoms with E-state index < -0.39 is 0 Å². The molecule has 17 heavy (non-hydrogen) atoms. The summed E-state index contributed by atoms with van der Waals surface area (Å²) < 4.78 is 0. The van der Waals surface area contributed by atoms with Gasteiger partial charge in [0.15, 0.2) is 5.13 Å². The Bertz CT molecular complexity index is 338. The second-order valence-electron chi connectivity index (χ2n) is 5.14. The molecular formula is C11H22ClN3OS. The van der Waals surface area contributed by atoms with Gasteiger partial charge in [0.1, 0.15) is 0 Å². The highest BCUT2D eigenvalue weighted by atomic mass is 35.5. The predicted molar refractivity (Wildman–Crippen MR) is 75.6 cm³/mol. The molecule has 6 heteroatoms. The van der Waals surface area contributed by atoms with E-state index in [1.54, 1.807) is 6.20 Å². The van der Waals surface area contributed by atoms with Crippen LogP contribution in [0.1, 0.15) is 25.6 Å². The number of halogens is 1. The smallest absolute Gasteiger partial charge is 0.180 e. The van der Waals surface area contributed by atoms with Crippen molar-refractivity contribution < 1.29 is 5.11 Å². The van der Waals surface area contributed by atoms with Crippen molar-refractivity contribution in [3.05, 3.63) is 11.1 Å². The third-order valence-corrected chi connectivity index (χ3v) is 3.49. The van der Waals surface area contributed by atoms with Gasteiger partial charge in [0.2, 0.25) is 0 Å². The first-order valence-electron chi connectivity index (χ1n) is 5.36. The van der Waals surface area contributed by atoms with Gasteiger partial charge in [-0.2, -0.15) is 0 Å². The third-order valence-electron chi connectivity index (χ3n) is 2.68. The zero-order valence-corrected chi connectivity index (χ0v) is 12.4. The first-order chi connectivity index (χ1) is 7.34. The van der Waals surface area contributed by atoms with Crippen LogP contribution in [-0.2, 0) is 6.54 Å². The SMILES string of the molecule is CN(Cc1cnc(N)s1)C(CO)C(C)(C)C.Cl.